The molecule has 11 heteroatoms. The number of esters is 1. The van der Waals surface area contributed by atoms with E-state index >= 15 is 0 Å². The van der Waals surface area contributed by atoms with E-state index in [0.717, 1.165) is 4.68 Å². The van der Waals surface area contributed by atoms with Gasteiger partial charge in [-0.1, -0.05) is 5.10 Å². The molecule has 0 unspecified atom stereocenters. The second kappa shape index (κ2) is 6.76. The van der Waals surface area contributed by atoms with Crippen LogP contribution < -0.4 is 5.32 Å². The van der Waals surface area contributed by atoms with E-state index in [1.165, 1.54) is 0 Å². The molecule has 0 aliphatic carbocycles. The quantitative estimate of drug-likeness (QED) is 0.407. The third-order valence-corrected chi connectivity index (χ3v) is 2.95. The number of rotatable bonds is 6. The van der Waals surface area contributed by atoms with Gasteiger partial charge in [0.25, 0.3) is 0 Å². The highest BCUT2D eigenvalue weighted by Gasteiger charge is 2.44. The van der Waals surface area contributed by atoms with Crippen molar-refractivity contribution < 1.29 is 29.6 Å². The molecule has 1 aliphatic heterocycles. The summed E-state index contributed by atoms with van der Waals surface area (Å²) in [6, 6.07) is 0. The Morgan fingerprint density at radius 1 is 1.48 bits per heavy atom. The molecular weight excluding hydrogens is 286 g/mol. The van der Waals surface area contributed by atoms with Crippen LogP contribution in [-0.2, 0) is 14.3 Å². The van der Waals surface area contributed by atoms with Crippen LogP contribution in [0.25, 0.3) is 0 Å². The fourth-order valence-electron chi connectivity index (χ4n) is 1.93. The zero-order valence-corrected chi connectivity index (χ0v) is 11.3. The number of carbonyl (C=O) groups excluding carboxylic acids is 1. The summed E-state index contributed by atoms with van der Waals surface area (Å²) in [6.45, 7) is 1.31. The van der Waals surface area contributed by atoms with Crippen molar-refractivity contribution in [3.63, 3.8) is 0 Å². The van der Waals surface area contributed by atoms with E-state index in [-0.39, 0.29) is 19.1 Å². The molecule has 11 nitrogen and oxygen atoms in total. The molecule has 4 atom stereocenters. The van der Waals surface area contributed by atoms with E-state index in [9.17, 15) is 15.0 Å². The van der Waals surface area contributed by atoms with Gasteiger partial charge in [-0.05, 0) is 17.4 Å². The van der Waals surface area contributed by atoms with Crippen molar-refractivity contribution in [2.24, 2.45) is 0 Å². The molecule has 2 heterocycles. The van der Waals surface area contributed by atoms with Crippen LogP contribution >= 0.6 is 0 Å². The number of aromatic nitrogens is 4. The van der Waals surface area contributed by atoms with Gasteiger partial charge in [0, 0.05) is 0 Å². The summed E-state index contributed by atoms with van der Waals surface area (Å²) in [4.78, 5) is 11.3. The van der Waals surface area contributed by atoms with Crippen molar-refractivity contribution in [3.05, 3.63) is 0 Å². The van der Waals surface area contributed by atoms with E-state index in [1.54, 1.807) is 6.92 Å². The van der Waals surface area contributed by atoms with Crippen LogP contribution in [0.15, 0.2) is 0 Å². The number of hydrogen-bond acceptors (Lipinski definition) is 10. The van der Waals surface area contributed by atoms with Crippen LogP contribution in [0.1, 0.15) is 13.2 Å². The maximum atomic E-state index is 11.3. The first kappa shape index (κ1) is 15.6. The fourth-order valence-corrected chi connectivity index (χ4v) is 1.93. The molecule has 0 spiro atoms. The minimum Gasteiger partial charge on any atom is -0.465 e. The van der Waals surface area contributed by atoms with Crippen molar-refractivity contribution in [2.75, 3.05) is 25.1 Å². The van der Waals surface area contributed by atoms with Gasteiger partial charge in [-0.3, -0.25) is 4.79 Å². The number of aliphatic hydroxyl groups is 3. The predicted molar refractivity (Wildman–Crippen MR) is 65.9 cm³/mol. The second-order valence-corrected chi connectivity index (χ2v) is 4.33. The zero-order valence-electron chi connectivity index (χ0n) is 11.3. The fraction of sp³-hybridized carbons (Fsp3) is 0.800. The first-order valence-electron chi connectivity index (χ1n) is 6.38. The van der Waals surface area contributed by atoms with Gasteiger partial charge in [-0.2, -0.15) is 4.68 Å². The van der Waals surface area contributed by atoms with E-state index in [1.807, 2.05) is 0 Å². The highest BCUT2D eigenvalue weighted by Crippen LogP contribution is 2.29. The standard InChI is InChI=1S/C10H17N5O6/c1-2-20-6(17)3-11-10-12-13-14-15(10)9-8(19)7(18)5(4-16)21-9/h5,7-9,16,18-19H,2-4H2,1H3,(H,11,12,14)/t5-,7+,8+,9+/m0/s1. The Bertz CT molecular complexity index is 482. The molecule has 1 fully saturated rings. The van der Waals surface area contributed by atoms with Gasteiger partial charge in [0.15, 0.2) is 6.23 Å². The Morgan fingerprint density at radius 3 is 2.86 bits per heavy atom. The molecule has 1 aliphatic rings. The maximum absolute atomic E-state index is 11.3. The molecule has 1 aromatic rings. The number of anilines is 1. The predicted octanol–water partition coefficient (Wildman–Crippen LogP) is -2.74. The molecule has 21 heavy (non-hydrogen) atoms. The normalized spacial score (nSPS) is 28.6. The van der Waals surface area contributed by atoms with Gasteiger partial charge in [-0.25, -0.2) is 0 Å². The van der Waals surface area contributed by atoms with E-state index in [4.69, 9.17) is 14.6 Å². The minimum absolute atomic E-state index is 0.0675. The Kier molecular flexibility index (Phi) is 5.01. The smallest absolute Gasteiger partial charge is 0.325 e. The van der Waals surface area contributed by atoms with Gasteiger partial charge in [0.2, 0.25) is 5.95 Å². The average Bonchev–Trinajstić information content (AvgIpc) is 3.03. The van der Waals surface area contributed by atoms with E-state index in [0.29, 0.717) is 0 Å². The highest BCUT2D eigenvalue weighted by atomic mass is 16.6. The second-order valence-electron chi connectivity index (χ2n) is 4.33. The lowest BCUT2D eigenvalue weighted by atomic mass is 10.1. The van der Waals surface area contributed by atoms with Gasteiger partial charge in [0.05, 0.1) is 13.2 Å². The van der Waals surface area contributed by atoms with Crippen molar-refractivity contribution >= 4 is 11.9 Å². The number of tetrazole rings is 1. The Labute approximate surface area is 119 Å². The van der Waals surface area contributed by atoms with E-state index in [2.05, 4.69) is 20.8 Å². The number of carbonyl (C=O) groups is 1. The molecule has 0 radical (unpaired) electrons. The molecule has 4 N–H and O–H groups in total. The Morgan fingerprint density at radius 2 is 2.24 bits per heavy atom. The minimum atomic E-state index is -1.31. The maximum Gasteiger partial charge on any atom is 0.325 e. The molecule has 1 aromatic heterocycles. The third-order valence-electron chi connectivity index (χ3n) is 2.95. The molecular formula is C10H17N5O6. The monoisotopic (exact) mass is 303 g/mol. The first-order valence-corrected chi connectivity index (χ1v) is 6.38. The van der Waals surface area contributed by atoms with Crippen LogP contribution in [0.2, 0.25) is 0 Å². The summed E-state index contributed by atoms with van der Waals surface area (Å²) in [6.07, 6.45) is -4.58. The molecule has 118 valence electrons. The topological polar surface area (TPSA) is 152 Å². The number of hydrogen-bond donors (Lipinski definition) is 4. The van der Waals surface area contributed by atoms with Crippen molar-refractivity contribution in [1.82, 2.24) is 20.2 Å². The molecule has 0 aromatic carbocycles. The Balaban J connectivity index is 2.05. The largest absolute Gasteiger partial charge is 0.465 e. The summed E-state index contributed by atoms with van der Waals surface area (Å²) < 4.78 is 11.1. The number of ether oxygens (including phenoxy) is 2. The molecule has 0 amide bonds. The van der Waals surface area contributed by atoms with Crippen LogP contribution in [0.4, 0.5) is 5.95 Å². The van der Waals surface area contributed by atoms with Crippen LogP contribution in [0.3, 0.4) is 0 Å². The van der Waals surface area contributed by atoms with Gasteiger partial charge in [-0.15, -0.1) is 0 Å². The van der Waals surface area contributed by atoms with E-state index < -0.39 is 37.1 Å². The summed E-state index contributed by atoms with van der Waals surface area (Å²) in [7, 11) is 0. The van der Waals surface area contributed by atoms with Gasteiger partial charge < -0.3 is 30.1 Å². The van der Waals surface area contributed by atoms with Crippen molar-refractivity contribution in [2.45, 2.75) is 31.5 Å². The Hall–Kier alpha value is -1.82. The highest BCUT2D eigenvalue weighted by molar-refractivity contribution is 5.74. The van der Waals surface area contributed by atoms with Gasteiger partial charge in [0.1, 0.15) is 24.9 Å². The summed E-state index contributed by atoms with van der Waals surface area (Å²) in [5, 5.41) is 42.0. The molecule has 2 rings (SSSR count). The lowest BCUT2D eigenvalue weighted by Crippen LogP contribution is -2.33. The lowest BCUT2D eigenvalue weighted by molar-refractivity contribution is -0.140. The molecule has 0 saturated carbocycles. The summed E-state index contributed by atoms with van der Waals surface area (Å²) in [5.74, 6) is -0.425. The number of nitrogens with one attached hydrogen (secondary N) is 1. The van der Waals surface area contributed by atoms with Crippen molar-refractivity contribution in [3.8, 4) is 0 Å². The third kappa shape index (κ3) is 3.26. The van der Waals surface area contributed by atoms with Crippen LogP contribution in [0, 0.1) is 0 Å². The lowest BCUT2D eigenvalue weighted by Gasteiger charge is -2.16. The molecule has 1 saturated heterocycles. The first-order chi connectivity index (χ1) is 10.1. The molecule has 0 bridgehead atoms. The summed E-state index contributed by atoms with van der Waals surface area (Å²) in [5.41, 5.74) is 0. The van der Waals surface area contributed by atoms with Crippen LogP contribution in [0.5, 0.6) is 0 Å². The van der Waals surface area contributed by atoms with Crippen molar-refractivity contribution in [1.29, 1.82) is 0 Å². The average molecular weight is 303 g/mol. The number of aliphatic hydroxyl groups excluding tert-OH is 3. The van der Waals surface area contributed by atoms with Gasteiger partial charge >= 0.3 is 5.97 Å². The summed E-state index contributed by atoms with van der Waals surface area (Å²) >= 11 is 0. The number of nitrogens with zero attached hydrogens (tertiary/aromatic N) is 4. The zero-order chi connectivity index (χ0) is 15.4. The van der Waals surface area contributed by atoms with Crippen LogP contribution in [-0.4, -0.2) is 79.6 Å². The SMILES string of the molecule is CCOC(=O)CNc1nnnn1[C@@H]1O[C@@H](CO)[C@@H](O)[C@H]1O.